The molecule has 0 radical (unpaired) electrons. The van der Waals surface area contributed by atoms with Crippen molar-refractivity contribution in [2.45, 2.75) is 101 Å². The largest absolute Gasteiger partial charge is 0.498 e. The van der Waals surface area contributed by atoms with E-state index < -0.39 is 36.1 Å². The van der Waals surface area contributed by atoms with Crippen LogP contribution in [0.15, 0.2) is 17.6 Å². The van der Waals surface area contributed by atoms with Crippen LogP contribution in [0.5, 0.6) is 0 Å². The van der Waals surface area contributed by atoms with E-state index in [-0.39, 0.29) is 11.2 Å². The molecule has 34 heavy (non-hydrogen) atoms. The van der Waals surface area contributed by atoms with Gasteiger partial charge in [0.05, 0.1) is 11.2 Å². The molecule has 2 atom stereocenters. The number of carbonyl (C=O) groups excluding carboxylic acids is 2. The van der Waals surface area contributed by atoms with Gasteiger partial charge in [-0.2, -0.15) is 0 Å². The Kier molecular flexibility index (Phi) is 7.89. The Labute approximate surface area is 207 Å². The van der Waals surface area contributed by atoms with E-state index >= 15 is 0 Å². The number of aromatic nitrogens is 2. The van der Waals surface area contributed by atoms with E-state index in [1.807, 2.05) is 27.7 Å². The maximum Gasteiger partial charge on any atom is 0.498 e. The number of piperidine rings is 1. The van der Waals surface area contributed by atoms with Gasteiger partial charge in [0, 0.05) is 36.2 Å². The van der Waals surface area contributed by atoms with Crippen LogP contribution < -0.4 is 10.8 Å². The number of likely N-dealkylation sites (tertiary alicyclic amines) is 1. The molecular formula is C23H37BN4O5S. The Morgan fingerprint density at radius 1 is 1.21 bits per heavy atom. The predicted octanol–water partition coefficient (Wildman–Crippen LogP) is 2.77. The lowest BCUT2D eigenvalue weighted by Crippen LogP contribution is -2.51. The lowest BCUT2D eigenvalue weighted by Gasteiger charge is -2.34. The topological polar surface area (TPSA) is 103 Å². The molecule has 0 spiro atoms. The quantitative estimate of drug-likeness (QED) is 0.495. The summed E-state index contributed by atoms with van der Waals surface area (Å²) in [6, 6.07) is -0.658. The van der Waals surface area contributed by atoms with E-state index in [0.717, 1.165) is 18.3 Å². The molecule has 11 heteroatoms. The number of alkyl carbamates (subject to hydrolysis) is 1. The molecule has 1 N–H and O–H groups in total. The minimum absolute atomic E-state index is 0.117. The Morgan fingerprint density at radius 3 is 2.35 bits per heavy atom. The summed E-state index contributed by atoms with van der Waals surface area (Å²) in [5, 5.41) is 3.46. The normalized spacial score (nSPS) is 22.9. The minimum atomic E-state index is -0.658. The van der Waals surface area contributed by atoms with Crippen molar-refractivity contribution in [3.05, 3.63) is 12.4 Å². The van der Waals surface area contributed by atoms with Crippen LogP contribution in [-0.4, -0.2) is 75.2 Å². The molecule has 2 aliphatic heterocycles. The van der Waals surface area contributed by atoms with Crippen LogP contribution in [0.4, 0.5) is 4.79 Å². The van der Waals surface area contributed by atoms with Crippen molar-refractivity contribution in [3.63, 3.8) is 0 Å². The van der Waals surface area contributed by atoms with Crippen molar-refractivity contribution in [2.75, 3.05) is 13.1 Å². The number of carbonyl (C=O) groups is 2. The van der Waals surface area contributed by atoms with Gasteiger partial charge in [-0.15, -0.1) is 0 Å². The standard InChI is InChI=1S/C23H37BN4O5S/c1-15(27-20(30)31-21(2,3)4)18(29)28-11-9-10-17(14-28)34-19-25-12-16(13-26-19)24-32-22(5,6)23(7,8)33-24/h12-13,15,17H,9-11,14H2,1-8H3,(H,27,30)/t15-,17-/m0/s1. The molecule has 9 nitrogen and oxygen atoms in total. The van der Waals surface area contributed by atoms with Crippen molar-refractivity contribution in [1.82, 2.24) is 20.2 Å². The summed E-state index contributed by atoms with van der Waals surface area (Å²) < 4.78 is 17.4. The minimum Gasteiger partial charge on any atom is -0.444 e. The number of amides is 2. The maximum atomic E-state index is 12.9. The molecule has 2 fully saturated rings. The first-order valence-corrected chi connectivity index (χ1v) is 12.7. The molecule has 188 valence electrons. The molecule has 0 aromatic carbocycles. The fourth-order valence-electron chi connectivity index (χ4n) is 3.69. The van der Waals surface area contributed by atoms with Crippen LogP contribution >= 0.6 is 11.8 Å². The molecule has 1 aromatic rings. The Hall–Kier alpha value is -1.85. The fourth-order valence-corrected chi connectivity index (χ4v) is 4.76. The number of hydrogen-bond acceptors (Lipinski definition) is 8. The highest BCUT2D eigenvalue weighted by atomic mass is 32.2. The molecule has 0 saturated carbocycles. The molecular weight excluding hydrogens is 455 g/mol. The van der Waals surface area contributed by atoms with Gasteiger partial charge in [0.2, 0.25) is 5.91 Å². The smallest absolute Gasteiger partial charge is 0.444 e. The van der Waals surface area contributed by atoms with Gasteiger partial charge in [-0.3, -0.25) is 4.79 Å². The average Bonchev–Trinajstić information content (AvgIpc) is 2.93. The lowest BCUT2D eigenvalue weighted by atomic mass is 9.81. The number of rotatable bonds is 5. The Bertz CT molecular complexity index is 874. The van der Waals surface area contributed by atoms with Gasteiger partial charge < -0.3 is 24.3 Å². The van der Waals surface area contributed by atoms with Crippen LogP contribution in [0.25, 0.3) is 0 Å². The van der Waals surface area contributed by atoms with E-state index in [2.05, 4.69) is 15.3 Å². The lowest BCUT2D eigenvalue weighted by molar-refractivity contribution is -0.133. The van der Waals surface area contributed by atoms with E-state index in [1.165, 1.54) is 0 Å². The van der Waals surface area contributed by atoms with E-state index in [1.54, 1.807) is 56.8 Å². The first kappa shape index (κ1) is 26.8. The van der Waals surface area contributed by atoms with Crippen molar-refractivity contribution < 1.29 is 23.6 Å². The second-order valence-corrected chi connectivity index (χ2v) is 12.2. The average molecular weight is 492 g/mol. The van der Waals surface area contributed by atoms with Gasteiger partial charge in [-0.1, -0.05) is 11.8 Å². The van der Waals surface area contributed by atoms with Gasteiger partial charge in [-0.05, 0) is 68.2 Å². The first-order valence-electron chi connectivity index (χ1n) is 11.8. The van der Waals surface area contributed by atoms with Crippen molar-refractivity contribution >= 4 is 36.3 Å². The zero-order valence-corrected chi connectivity index (χ0v) is 22.3. The summed E-state index contributed by atoms with van der Waals surface area (Å²) in [4.78, 5) is 35.7. The Balaban J connectivity index is 1.54. The molecule has 0 unspecified atom stereocenters. The van der Waals surface area contributed by atoms with Gasteiger partial charge in [0.1, 0.15) is 11.6 Å². The second kappa shape index (κ2) is 10.0. The zero-order chi connectivity index (χ0) is 25.3. The van der Waals surface area contributed by atoms with Gasteiger partial charge in [-0.25, -0.2) is 14.8 Å². The predicted molar refractivity (Wildman–Crippen MR) is 132 cm³/mol. The van der Waals surface area contributed by atoms with Crippen LogP contribution in [0.1, 0.15) is 68.2 Å². The van der Waals surface area contributed by atoms with Crippen molar-refractivity contribution in [1.29, 1.82) is 0 Å². The summed E-state index contributed by atoms with van der Waals surface area (Å²) >= 11 is 1.56. The number of nitrogens with one attached hydrogen (secondary N) is 1. The molecule has 1 aromatic heterocycles. The number of thioether (sulfide) groups is 1. The third kappa shape index (κ3) is 6.63. The van der Waals surface area contributed by atoms with Crippen molar-refractivity contribution in [2.24, 2.45) is 0 Å². The summed E-state index contributed by atoms with van der Waals surface area (Å²) in [7, 11) is -0.495. The number of ether oxygens (including phenoxy) is 1. The van der Waals surface area contributed by atoms with Crippen LogP contribution in [-0.2, 0) is 18.8 Å². The Morgan fingerprint density at radius 2 is 1.79 bits per heavy atom. The summed E-state index contributed by atoms with van der Waals surface area (Å²) in [5.41, 5.74) is -0.667. The monoisotopic (exact) mass is 492 g/mol. The zero-order valence-electron chi connectivity index (χ0n) is 21.5. The molecule has 0 bridgehead atoms. The SMILES string of the molecule is C[C@H](NC(=O)OC(C)(C)C)C(=O)N1CCC[C@H](Sc2ncc(B3OC(C)(C)C(C)(C)O3)cn2)C1. The summed E-state index contributed by atoms with van der Waals surface area (Å²) in [6.45, 7) is 16.3. The highest BCUT2D eigenvalue weighted by molar-refractivity contribution is 7.99. The second-order valence-electron chi connectivity index (χ2n) is 10.9. The molecule has 2 saturated heterocycles. The van der Waals surface area contributed by atoms with E-state index in [4.69, 9.17) is 14.0 Å². The maximum absolute atomic E-state index is 12.9. The van der Waals surface area contributed by atoms with Crippen LogP contribution in [0.3, 0.4) is 0 Å². The van der Waals surface area contributed by atoms with Crippen molar-refractivity contribution in [3.8, 4) is 0 Å². The fraction of sp³-hybridized carbons (Fsp3) is 0.739. The molecule has 0 aliphatic carbocycles. The summed E-state index contributed by atoms with van der Waals surface area (Å²) in [6.07, 6.45) is 4.75. The van der Waals surface area contributed by atoms with E-state index in [0.29, 0.717) is 18.2 Å². The third-order valence-electron chi connectivity index (χ3n) is 6.24. The van der Waals surface area contributed by atoms with Gasteiger partial charge in [0.15, 0.2) is 5.16 Å². The first-order chi connectivity index (χ1) is 15.7. The number of nitrogens with zero attached hydrogens (tertiary/aromatic N) is 3. The van der Waals surface area contributed by atoms with Crippen LogP contribution in [0.2, 0.25) is 0 Å². The van der Waals surface area contributed by atoms with Crippen LogP contribution in [0, 0.1) is 0 Å². The highest BCUT2D eigenvalue weighted by Gasteiger charge is 2.52. The highest BCUT2D eigenvalue weighted by Crippen LogP contribution is 2.36. The summed E-state index contributed by atoms with van der Waals surface area (Å²) in [5.74, 6) is -0.117. The van der Waals surface area contributed by atoms with E-state index in [9.17, 15) is 9.59 Å². The van der Waals surface area contributed by atoms with Gasteiger partial charge >= 0.3 is 13.2 Å². The number of hydrogen-bond donors (Lipinski definition) is 1. The molecule has 3 heterocycles. The molecule has 2 aliphatic rings. The molecule has 2 amide bonds. The van der Waals surface area contributed by atoms with Gasteiger partial charge in [0.25, 0.3) is 0 Å². The third-order valence-corrected chi connectivity index (χ3v) is 7.38. The molecule has 3 rings (SSSR count).